The van der Waals surface area contributed by atoms with E-state index in [9.17, 15) is 8.78 Å². The number of hydrogen-bond acceptors (Lipinski definition) is 0. The molecule has 0 fully saturated rings. The summed E-state index contributed by atoms with van der Waals surface area (Å²) < 4.78 is 42.9. The lowest BCUT2D eigenvalue weighted by molar-refractivity contribution is 0.584. The molecule has 0 aliphatic rings. The molecular formula is C30H28ClF3. The van der Waals surface area contributed by atoms with Crippen LogP contribution >= 0.6 is 11.6 Å². The molecule has 0 nitrogen and oxygen atoms in total. The SMILES string of the molecule is CCCCCCc1ccc(CCc2ccc3c(F)c(-c4cc(F)c(Cl)c(F)c4)ccc3c2)cc1. The number of fused-ring (bicyclic) bond motifs is 1. The molecule has 0 saturated heterocycles. The van der Waals surface area contributed by atoms with Gasteiger partial charge in [0.25, 0.3) is 0 Å². The average Bonchev–Trinajstić information content (AvgIpc) is 2.84. The standard InChI is InChI=1S/C30H28ClF3/c1-2-3-4-5-6-20-7-9-21(10-8-20)11-12-22-13-15-25-23(17-22)14-16-26(30(25)34)24-18-27(32)29(31)28(33)19-24/h7-10,13-19H,2-6,11-12H2,1H3. The van der Waals surface area contributed by atoms with Crippen LogP contribution in [0.15, 0.2) is 66.7 Å². The maximum Gasteiger partial charge on any atom is 0.145 e. The summed E-state index contributed by atoms with van der Waals surface area (Å²) in [4.78, 5) is 0. The molecule has 0 spiro atoms. The van der Waals surface area contributed by atoms with Crippen molar-refractivity contribution in [3.8, 4) is 11.1 Å². The molecule has 34 heavy (non-hydrogen) atoms. The van der Waals surface area contributed by atoms with E-state index in [2.05, 4.69) is 31.2 Å². The highest BCUT2D eigenvalue weighted by Crippen LogP contribution is 2.32. The Morgan fingerprint density at radius 2 is 1.26 bits per heavy atom. The first kappa shape index (κ1) is 24.3. The second kappa shape index (κ2) is 11.1. The van der Waals surface area contributed by atoms with Gasteiger partial charge in [-0.3, -0.25) is 0 Å². The normalized spacial score (nSPS) is 11.3. The average molecular weight is 481 g/mol. The van der Waals surface area contributed by atoms with Gasteiger partial charge in [0.2, 0.25) is 0 Å². The topological polar surface area (TPSA) is 0 Å². The first-order chi connectivity index (χ1) is 16.5. The van der Waals surface area contributed by atoms with Crippen LogP contribution in [0.4, 0.5) is 13.2 Å². The van der Waals surface area contributed by atoms with Crippen LogP contribution in [0.1, 0.15) is 49.3 Å². The van der Waals surface area contributed by atoms with E-state index in [-0.39, 0.29) is 11.1 Å². The van der Waals surface area contributed by atoms with E-state index in [1.165, 1.54) is 36.8 Å². The molecule has 0 saturated carbocycles. The van der Waals surface area contributed by atoms with Crippen LogP contribution in [-0.2, 0) is 19.3 Å². The van der Waals surface area contributed by atoms with E-state index in [0.29, 0.717) is 5.39 Å². The van der Waals surface area contributed by atoms with Gasteiger partial charge in [-0.15, -0.1) is 0 Å². The Morgan fingerprint density at radius 1 is 0.647 bits per heavy atom. The van der Waals surface area contributed by atoms with Gasteiger partial charge in [-0.1, -0.05) is 92.4 Å². The summed E-state index contributed by atoms with van der Waals surface area (Å²) in [6, 6.07) is 19.9. The Kier molecular flexibility index (Phi) is 7.95. The summed E-state index contributed by atoms with van der Waals surface area (Å²) in [5.74, 6) is -2.31. The highest BCUT2D eigenvalue weighted by atomic mass is 35.5. The number of aryl methyl sites for hydroxylation is 3. The fourth-order valence-corrected chi connectivity index (χ4v) is 4.46. The third-order valence-electron chi connectivity index (χ3n) is 6.36. The summed E-state index contributed by atoms with van der Waals surface area (Å²) in [6.07, 6.45) is 7.97. The van der Waals surface area contributed by atoms with Gasteiger partial charge in [0.1, 0.15) is 22.5 Å². The smallest absolute Gasteiger partial charge is 0.145 e. The van der Waals surface area contributed by atoms with Crippen molar-refractivity contribution in [3.63, 3.8) is 0 Å². The highest BCUT2D eigenvalue weighted by Gasteiger charge is 2.15. The van der Waals surface area contributed by atoms with Crippen LogP contribution in [-0.4, -0.2) is 0 Å². The zero-order valence-electron chi connectivity index (χ0n) is 19.3. The maximum absolute atomic E-state index is 15.2. The van der Waals surface area contributed by atoms with Gasteiger partial charge < -0.3 is 0 Å². The summed E-state index contributed by atoms with van der Waals surface area (Å²) in [6.45, 7) is 2.23. The van der Waals surface area contributed by atoms with E-state index in [4.69, 9.17) is 11.6 Å². The Hall–Kier alpha value is -2.78. The van der Waals surface area contributed by atoms with Gasteiger partial charge in [0.15, 0.2) is 0 Å². The van der Waals surface area contributed by atoms with Crippen LogP contribution in [0.25, 0.3) is 21.9 Å². The molecule has 0 heterocycles. The maximum atomic E-state index is 15.2. The van der Waals surface area contributed by atoms with Crippen molar-refractivity contribution in [2.24, 2.45) is 0 Å². The Labute approximate surface area is 204 Å². The Bertz CT molecular complexity index is 1260. The van der Waals surface area contributed by atoms with Crippen molar-refractivity contribution in [1.82, 2.24) is 0 Å². The number of halogens is 4. The summed E-state index contributed by atoms with van der Waals surface area (Å²) in [7, 11) is 0. The van der Waals surface area contributed by atoms with Crippen LogP contribution in [0.2, 0.25) is 5.02 Å². The Morgan fingerprint density at radius 3 is 1.94 bits per heavy atom. The molecular weight excluding hydrogens is 453 g/mol. The highest BCUT2D eigenvalue weighted by molar-refractivity contribution is 6.31. The predicted octanol–water partition coefficient (Wildman–Crippen LogP) is 9.49. The molecule has 0 atom stereocenters. The van der Waals surface area contributed by atoms with E-state index in [1.807, 2.05) is 12.1 Å². The molecule has 0 aliphatic heterocycles. The van der Waals surface area contributed by atoms with Gasteiger partial charge >= 0.3 is 0 Å². The molecule has 0 aliphatic carbocycles. The van der Waals surface area contributed by atoms with Crippen molar-refractivity contribution < 1.29 is 13.2 Å². The summed E-state index contributed by atoms with van der Waals surface area (Å²) in [5.41, 5.74) is 4.05. The Balaban J connectivity index is 1.45. The van der Waals surface area contributed by atoms with E-state index >= 15 is 4.39 Å². The largest absolute Gasteiger partial charge is 0.206 e. The van der Waals surface area contributed by atoms with Gasteiger partial charge in [-0.05, 0) is 65.5 Å². The molecule has 4 aromatic carbocycles. The van der Waals surface area contributed by atoms with Crippen LogP contribution < -0.4 is 0 Å². The second-order valence-corrected chi connectivity index (χ2v) is 9.24. The second-order valence-electron chi connectivity index (χ2n) is 8.86. The first-order valence-electron chi connectivity index (χ1n) is 11.9. The number of rotatable bonds is 9. The molecule has 4 aromatic rings. The minimum atomic E-state index is -0.906. The zero-order chi connectivity index (χ0) is 24.1. The minimum Gasteiger partial charge on any atom is -0.206 e. The third kappa shape index (κ3) is 5.64. The molecule has 4 heteroatoms. The fourth-order valence-electron chi connectivity index (χ4n) is 4.35. The van der Waals surface area contributed by atoms with E-state index < -0.39 is 22.5 Å². The van der Waals surface area contributed by atoms with Crippen molar-refractivity contribution in [2.75, 3.05) is 0 Å². The zero-order valence-corrected chi connectivity index (χ0v) is 20.1. The monoisotopic (exact) mass is 480 g/mol. The summed E-state index contributed by atoms with van der Waals surface area (Å²) in [5, 5.41) is 0.594. The predicted molar refractivity (Wildman–Crippen MR) is 136 cm³/mol. The number of benzene rings is 4. The minimum absolute atomic E-state index is 0.122. The number of hydrogen-bond donors (Lipinski definition) is 0. The molecule has 176 valence electrons. The van der Waals surface area contributed by atoms with Crippen molar-refractivity contribution in [3.05, 3.63) is 106 Å². The summed E-state index contributed by atoms with van der Waals surface area (Å²) >= 11 is 5.56. The molecule has 0 aromatic heterocycles. The molecule has 4 rings (SSSR count). The lowest BCUT2D eigenvalue weighted by Gasteiger charge is -2.10. The molecule has 0 bridgehead atoms. The first-order valence-corrected chi connectivity index (χ1v) is 12.3. The van der Waals surface area contributed by atoms with Gasteiger partial charge in [0, 0.05) is 10.9 Å². The van der Waals surface area contributed by atoms with Crippen molar-refractivity contribution in [2.45, 2.75) is 51.9 Å². The lowest BCUT2D eigenvalue weighted by atomic mass is 9.96. The lowest BCUT2D eigenvalue weighted by Crippen LogP contribution is -1.94. The van der Waals surface area contributed by atoms with Crippen LogP contribution in [0, 0.1) is 17.5 Å². The van der Waals surface area contributed by atoms with Crippen LogP contribution in [0.3, 0.4) is 0 Å². The molecule has 0 amide bonds. The third-order valence-corrected chi connectivity index (χ3v) is 6.72. The van der Waals surface area contributed by atoms with Crippen molar-refractivity contribution >= 4 is 22.4 Å². The van der Waals surface area contributed by atoms with Crippen molar-refractivity contribution in [1.29, 1.82) is 0 Å². The van der Waals surface area contributed by atoms with E-state index in [1.54, 1.807) is 18.2 Å². The quantitative estimate of drug-likeness (QED) is 0.165. The van der Waals surface area contributed by atoms with Gasteiger partial charge in [-0.2, -0.15) is 0 Å². The van der Waals surface area contributed by atoms with E-state index in [0.717, 1.165) is 42.3 Å². The molecule has 0 unspecified atom stereocenters. The van der Waals surface area contributed by atoms with Gasteiger partial charge in [-0.25, -0.2) is 13.2 Å². The van der Waals surface area contributed by atoms with Crippen LogP contribution in [0.5, 0.6) is 0 Å². The number of unbranched alkanes of at least 4 members (excludes halogenated alkanes) is 3. The molecule has 0 N–H and O–H groups in total. The molecule has 0 radical (unpaired) electrons. The fraction of sp³-hybridized carbons (Fsp3) is 0.267. The van der Waals surface area contributed by atoms with Gasteiger partial charge in [0.05, 0.1) is 0 Å².